The molecule has 5 heteroatoms. The second-order valence-electron chi connectivity index (χ2n) is 5.49. The molecule has 5 nitrogen and oxygen atoms in total. The predicted octanol–water partition coefficient (Wildman–Crippen LogP) is 0.445. The first kappa shape index (κ1) is 14.7. The Kier molecular flexibility index (Phi) is 3.92. The van der Waals surface area contributed by atoms with Crippen LogP contribution in [0.1, 0.15) is 25.8 Å². The van der Waals surface area contributed by atoms with Crippen molar-refractivity contribution in [1.82, 2.24) is 4.90 Å². The summed E-state index contributed by atoms with van der Waals surface area (Å²) in [6.07, 6.45) is -2.03. The first-order chi connectivity index (χ1) is 9.36. The Morgan fingerprint density at radius 2 is 1.85 bits per heavy atom. The molecule has 2 N–H and O–H groups in total. The van der Waals surface area contributed by atoms with Crippen molar-refractivity contribution in [2.75, 3.05) is 6.54 Å². The lowest BCUT2D eigenvalue weighted by atomic mass is 9.81. The third kappa shape index (κ3) is 2.46. The molecule has 0 radical (unpaired) electrons. The summed E-state index contributed by atoms with van der Waals surface area (Å²) in [7, 11) is 0. The topological polar surface area (TPSA) is 77.8 Å². The van der Waals surface area contributed by atoms with Gasteiger partial charge in [-0.3, -0.25) is 14.5 Å². The zero-order valence-corrected chi connectivity index (χ0v) is 11.6. The van der Waals surface area contributed by atoms with E-state index in [-0.39, 0.29) is 24.8 Å². The second kappa shape index (κ2) is 5.34. The lowest BCUT2D eigenvalue weighted by Gasteiger charge is -2.24. The maximum absolute atomic E-state index is 12.5. The second-order valence-corrected chi connectivity index (χ2v) is 5.49. The molecule has 3 atom stereocenters. The maximum atomic E-state index is 12.5. The van der Waals surface area contributed by atoms with Crippen LogP contribution in [0.15, 0.2) is 30.3 Å². The van der Waals surface area contributed by atoms with Gasteiger partial charge in [0.05, 0.1) is 24.2 Å². The van der Waals surface area contributed by atoms with E-state index in [1.165, 1.54) is 6.92 Å². The minimum Gasteiger partial charge on any atom is -0.391 e. The van der Waals surface area contributed by atoms with Crippen molar-refractivity contribution >= 4 is 11.8 Å². The van der Waals surface area contributed by atoms with Crippen LogP contribution in [0.25, 0.3) is 0 Å². The van der Waals surface area contributed by atoms with Gasteiger partial charge in [-0.25, -0.2) is 0 Å². The van der Waals surface area contributed by atoms with Crippen LogP contribution in [0.2, 0.25) is 0 Å². The van der Waals surface area contributed by atoms with Gasteiger partial charge in [0.2, 0.25) is 11.8 Å². The number of β-amino-alcohol motifs (C(OH)–C–C–N with tert-alkyl or cyclic N) is 1. The average molecular weight is 277 g/mol. The first-order valence-electron chi connectivity index (χ1n) is 6.62. The monoisotopic (exact) mass is 277 g/mol. The van der Waals surface area contributed by atoms with E-state index in [2.05, 4.69) is 0 Å². The highest BCUT2D eigenvalue weighted by atomic mass is 16.3. The number of likely N-dealkylation sites (tertiary alicyclic amines) is 1. The molecule has 0 saturated carbocycles. The van der Waals surface area contributed by atoms with Gasteiger partial charge in [-0.1, -0.05) is 30.3 Å². The number of aliphatic hydroxyl groups excluding tert-OH is 2. The molecule has 0 aliphatic carbocycles. The Morgan fingerprint density at radius 3 is 2.40 bits per heavy atom. The smallest absolute Gasteiger partial charge is 0.240 e. The Morgan fingerprint density at radius 1 is 1.25 bits per heavy atom. The van der Waals surface area contributed by atoms with E-state index in [1.54, 1.807) is 6.92 Å². The summed E-state index contributed by atoms with van der Waals surface area (Å²) in [5.41, 5.74) is -0.107. The van der Waals surface area contributed by atoms with Crippen LogP contribution in [0.3, 0.4) is 0 Å². The zero-order chi connectivity index (χ0) is 14.9. The van der Waals surface area contributed by atoms with Gasteiger partial charge in [-0.2, -0.15) is 0 Å². The number of imide groups is 1. The molecule has 0 aromatic heterocycles. The van der Waals surface area contributed by atoms with Gasteiger partial charge in [0.15, 0.2) is 0 Å². The summed E-state index contributed by atoms with van der Waals surface area (Å²) < 4.78 is 0. The van der Waals surface area contributed by atoms with Crippen LogP contribution < -0.4 is 0 Å². The molecule has 0 bridgehead atoms. The predicted molar refractivity (Wildman–Crippen MR) is 72.8 cm³/mol. The average Bonchev–Trinajstić information content (AvgIpc) is 2.64. The number of hydrogen-bond donors (Lipinski definition) is 2. The molecule has 3 unspecified atom stereocenters. The standard InChI is InChI=1S/C15H19NO4/c1-10(17)12(18)9-16-13(19)8-15(2,14(16)20)11-6-4-3-5-7-11/h3-7,10,12,17-18H,8-9H2,1-2H3. The molecule has 1 heterocycles. The molecule has 20 heavy (non-hydrogen) atoms. The number of rotatable bonds is 4. The van der Waals surface area contributed by atoms with E-state index in [4.69, 9.17) is 0 Å². The van der Waals surface area contributed by atoms with E-state index in [0.717, 1.165) is 10.5 Å². The first-order valence-corrected chi connectivity index (χ1v) is 6.62. The summed E-state index contributed by atoms with van der Waals surface area (Å²) in [5.74, 6) is -0.644. The fourth-order valence-corrected chi connectivity index (χ4v) is 2.44. The molecular formula is C15H19NO4. The highest BCUT2D eigenvalue weighted by Crippen LogP contribution is 2.36. The van der Waals surface area contributed by atoms with Crippen molar-refractivity contribution in [1.29, 1.82) is 0 Å². The molecule has 1 aromatic carbocycles. The van der Waals surface area contributed by atoms with Gasteiger partial charge in [0, 0.05) is 6.42 Å². The van der Waals surface area contributed by atoms with Gasteiger partial charge < -0.3 is 10.2 Å². The molecule has 0 spiro atoms. The van der Waals surface area contributed by atoms with E-state index in [0.29, 0.717) is 0 Å². The van der Waals surface area contributed by atoms with Gasteiger partial charge in [-0.05, 0) is 19.4 Å². The highest BCUT2D eigenvalue weighted by molar-refractivity contribution is 6.08. The van der Waals surface area contributed by atoms with Crippen LogP contribution in [0, 0.1) is 0 Å². The molecule has 1 aromatic rings. The summed E-state index contributed by atoms with van der Waals surface area (Å²) >= 11 is 0. The number of nitrogens with zero attached hydrogens (tertiary/aromatic N) is 1. The summed E-state index contributed by atoms with van der Waals surface area (Å²) in [5, 5.41) is 19.0. The molecule has 1 aliphatic heterocycles. The van der Waals surface area contributed by atoms with Crippen LogP contribution >= 0.6 is 0 Å². The molecule has 1 fully saturated rings. The molecule has 2 amide bonds. The van der Waals surface area contributed by atoms with Crippen molar-refractivity contribution in [3.8, 4) is 0 Å². The number of hydrogen-bond acceptors (Lipinski definition) is 4. The fraction of sp³-hybridized carbons (Fsp3) is 0.467. The van der Waals surface area contributed by atoms with Crippen molar-refractivity contribution in [2.24, 2.45) is 0 Å². The Hall–Kier alpha value is -1.72. The Bertz CT molecular complexity index is 514. The lowest BCUT2D eigenvalue weighted by Crippen LogP contribution is -2.43. The third-order valence-corrected chi connectivity index (χ3v) is 3.86. The normalized spacial score (nSPS) is 25.9. The number of amides is 2. The fourth-order valence-electron chi connectivity index (χ4n) is 2.44. The summed E-state index contributed by atoms with van der Waals surface area (Å²) in [6, 6.07) is 9.14. The van der Waals surface area contributed by atoms with Crippen LogP contribution in [0.5, 0.6) is 0 Å². The lowest BCUT2D eigenvalue weighted by molar-refractivity contribution is -0.142. The summed E-state index contributed by atoms with van der Waals surface area (Å²) in [4.78, 5) is 25.6. The maximum Gasteiger partial charge on any atom is 0.240 e. The minimum absolute atomic E-state index is 0.0857. The van der Waals surface area contributed by atoms with Crippen molar-refractivity contribution < 1.29 is 19.8 Å². The Balaban J connectivity index is 2.25. The van der Waals surface area contributed by atoms with E-state index in [9.17, 15) is 19.8 Å². The highest BCUT2D eigenvalue weighted by Gasteiger charge is 2.49. The van der Waals surface area contributed by atoms with Gasteiger partial charge >= 0.3 is 0 Å². The Labute approximate surface area is 117 Å². The zero-order valence-electron chi connectivity index (χ0n) is 11.6. The van der Waals surface area contributed by atoms with Crippen LogP contribution in [0.4, 0.5) is 0 Å². The largest absolute Gasteiger partial charge is 0.391 e. The third-order valence-electron chi connectivity index (χ3n) is 3.86. The minimum atomic E-state index is -1.12. The van der Waals surface area contributed by atoms with Gasteiger partial charge in [0.25, 0.3) is 0 Å². The van der Waals surface area contributed by atoms with Gasteiger partial charge in [-0.15, -0.1) is 0 Å². The number of benzene rings is 1. The SMILES string of the molecule is CC(O)C(O)CN1C(=O)CC(C)(c2ccccc2)C1=O. The van der Waals surface area contributed by atoms with Crippen LogP contribution in [-0.2, 0) is 15.0 Å². The summed E-state index contributed by atoms with van der Waals surface area (Å²) in [6.45, 7) is 2.99. The van der Waals surface area contributed by atoms with Crippen LogP contribution in [-0.4, -0.2) is 45.7 Å². The molecule has 2 rings (SSSR count). The van der Waals surface area contributed by atoms with Crippen molar-refractivity contribution in [3.63, 3.8) is 0 Å². The van der Waals surface area contributed by atoms with Crippen molar-refractivity contribution in [3.05, 3.63) is 35.9 Å². The molecule has 1 aliphatic rings. The number of carbonyl (C=O) groups excluding carboxylic acids is 2. The van der Waals surface area contributed by atoms with E-state index >= 15 is 0 Å². The number of carbonyl (C=O) groups is 2. The van der Waals surface area contributed by atoms with Crippen molar-refractivity contribution in [2.45, 2.75) is 37.9 Å². The van der Waals surface area contributed by atoms with E-state index < -0.39 is 17.6 Å². The molecule has 1 saturated heterocycles. The molecular weight excluding hydrogens is 258 g/mol. The quantitative estimate of drug-likeness (QED) is 0.783. The molecule has 108 valence electrons. The number of aliphatic hydroxyl groups is 2. The van der Waals surface area contributed by atoms with E-state index in [1.807, 2.05) is 30.3 Å². The van der Waals surface area contributed by atoms with Gasteiger partial charge in [0.1, 0.15) is 0 Å².